The summed E-state index contributed by atoms with van der Waals surface area (Å²) in [5.74, 6) is 0.0101. The van der Waals surface area contributed by atoms with Crippen molar-refractivity contribution in [2.45, 2.75) is 13.0 Å². The summed E-state index contributed by atoms with van der Waals surface area (Å²) < 4.78 is 1.80. The summed E-state index contributed by atoms with van der Waals surface area (Å²) in [5.41, 5.74) is 0.946. The first-order chi connectivity index (χ1) is 8.06. The fourth-order valence-corrected chi connectivity index (χ4v) is 3.18. The van der Waals surface area contributed by atoms with E-state index in [1.165, 1.54) is 11.3 Å². The molecule has 0 aliphatic carbocycles. The predicted molar refractivity (Wildman–Crippen MR) is 65.2 cm³/mol. The van der Waals surface area contributed by atoms with E-state index in [-0.39, 0.29) is 12.0 Å². The van der Waals surface area contributed by atoms with E-state index in [0.717, 1.165) is 20.8 Å². The van der Waals surface area contributed by atoms with E-state index >= 15 is 0 Å². The van der Waals surface area contributed by atoms with Crippen LogP contribution >= 0.6 is 11.3 Å². The highest BCUT2D eigenvalue weighted by molar-refractivity contribution is 7.20. The number of nitrogens with zero attached hydrogens (tertiary/aromatic N) is 3. The molecule has 3 heterocycles. The average Bonchev–Trinajstić information content (AvgIpc) is 2.77. The molecule has 0 unspecified atom stereocenters. The normalized spacial score (nSPS) is 16.5. The quantitative estimate of drug-likeness (QED) is 0.814. The van der Waals surface area contributed by atoms with E-state index in [9.17, 15) is 9.90 Å². The molecule has 1 fully saturated rings. The van der Waals surface area contributed by atoms with Gasteiger partial charge in [-0.2, -0.15) is 5.10 Å². The molecule has 3 rings (SSSR count). The summed E-state index contributed by atoms with van der Waals surface area (Å²) in [6, 6.07) is 1.90. The van der Waals surface area contributed by atoms with Gasteiger partial charge in [0.2, 0.25) is 0 Å². The van der Waals surface area contributed by atoms with Crippen LogP contribution in [0.2, 0.25) is 0 Å². The lowest BCUT2D eigenvalue weighted by Crippen LogP contribution is -2.53. The Labute approximate surface area is 102 Å². The molecule has 0 radical (unpaired) electrons. The molecule has 0 atom stereocenters. The number of thiophene rings is 1. The zero-order chi connectivity index (χ0) is 12.2. The zero-order valence-electron chi connectivity index (χ0n) is 9.67. The third-order valence-corrected chi connectivity index (χ3v) is 4.25. The Morgan fingerprint density at radius 3 is 2.88 bits per heavy atom. The Hall–Kier alpha value is -1.40. The highest BCUT2D eigenvalue weighted by Gasteiger charge is 2.30. The fraction of sp³-hybridized carbons (Fsp3) is 0.455. The number of aryl methyl sites for hydroxylation is 2. The van der Waals surface area contributed by atoms with Gasteiger partial charge in [0.05, 0.1) is 16.7 Å². The van der Waals surface area contributed by atoms with Gasteiger partial charge in [0, 0.05) is 25.5 Å². The number of hydrogen-bond donors (Lipinski definition) is 1. The third-order valence-electron chi connectivity index (χ3n) is 3.06. The van der Waals surface area contributed by atoms with Crippen molar-refractivity contribution in [2.24, 2.45) is 7.05 Å². The Kier molecular flexibility index (Phi) is 2.24. The van der Waals surface area contributed by atoms with E-state index in [1.54, 1.807) is 9.58 Å². The summed E-state index contributed by atoms with van der Waals surface area (Å²) in [6.45, 7) is 2.84. The maximum absolute atomic E-state index is 12.1. The number of amides is 1. The molecular formula is C11H13N3O2S. The Bertz CT molecular complexity index is 561. The molecule has 1 saturated heterocycles. The highest BCUT2D eigenvalue weighted by atomic mass is 32.1. The predicted octanol–water partition coefficient (Wildman–Crippen LogP) is 0.760. The Morgan fingerprint density at radius 1 is 1.59 bits per heavy atom. The maximum Gasteiger partial charge on any atom is 0.264 e. The van der Waals surface area contributed by atoms with E-state index in [2.05, 4.69) is 5.10 Å². The minimum absolute atomic E-state index is 0.0101. The number of aliphatic hydroxyl groups excluding tert-OH is 1. The SMILES string of the molecule is Cc1nn(C)c2sc(C(=O)N3CC(O)C3)cc12. The van der Waals surface area contributed by atoms with Crippen LogP contribution in [0.25, 0.3) is 10.2 Å². The molecule has 90 valence electrons. The van der Waals surface area contributed by atoms with Gasteiger partial charge in [-0.05, 0) is 13.0 Å². The summed E-state index contributed by atoms with van der Waals surface area (Å²) >= 11 is 1.46. The molecule has 2 aromatic rings. The van der Waals surface area contributed by atoms with E-state index < -0.39 is 0 Å². The second-order valence-electron chi connectivity index (χ2n) is 4.40. The van der Waals surface area contributed by atoms with Crippen molar-refractivity contribution in [3.8, 4) is 0 Å². The molecule has 1 aliphatic rings. The van der Waals surface area contributed by atoms with Crippen LogP contribution in [0.1, 0.15) is 15.4 Å². The zero-order valence-corrected chi connectivity index (χ0v) is 10.5. The van der Waals surface area contributed by atoms with Crippen LogP contribution in [-0.2, 0) is 7.05 Å². The van der Waals surface area contributed by atoms with Crippen LogP contribution in [0.3, 0.4) is 0 Å². The lowest BCUT2D eigenvalue weighted by molar-refractivity contribution is 0.00623. The van der Waals surface area contributed by atoms with Gasteiger partial charge in [-0.25, -0.2) is 0 Å². The molecule has 0 bridgehead atoms. The molecule has 5 nitrogen and oxygen atoms in total. The minimum atomic E-state index is -0.350. The van der Waals surface area contributed by atoms with Gasteiger partial charge in [-0.15, -0.1) is 11.3 Å². The molecule has 2 aromatic heterocycles. The van der Waals surface area contributed by atoms with Crippen LogP contribution < -0.4 is 0 Å². The number of aliphatic hydroxyl groups is 1. The lowest BCUT2D eigenvalue weighted by Gasteiger charge is -2.35. The molecule has 1 aliphatic heterocycles. The van der Waals surface area contributed by atoms with Gasteiger partial charge in [0.25, 0.3) is 5.91 Å². The van der Waals surface area contributed by atoms with Crippen LogP contribution in [0.5, 0.6) is 0 Å². The van der Waals surface area contributed by atoms with Crippen LogP contribution in [0.15, 0.2) is 6.07 Å². The topological polar surface area (TPSA) is 58.4 Å². The van der Waals surface area contributed by atoms with Crippen molar-refractivity contribution in [1.29, 1.82) is 0 Å². The monoisotopic (exact) mass is 251 g/mol. The minimum Gasteiger partial charge on any atom is -0.389 e. The van der Waals surface area contributed by atoms with Gasteiger partial charge in [-0.1, -0.05) is 0 Å². The first-order valence-corrected chi connectivity index (χ1v) is 6.28. The van der Waals surface area contributed by atoms with Gasteiger partial charge >= 0.3 is 0 Å². The van der Waals surface area contributed by atoms with Crippen molar-refractivity contribution >= 4 is 27.5 Å². The molecule has 1 amide bonds. The molecule has 0 aromatic carbocycles. The lowest BCUT2D eigenvalue weighted by atomic mass is 10.1. The van der Waals surface area contributed by atoms with Crippen LogP contribution in [0.4, 0.5) is 0 Å². The van der Waals surface area contributed by atoms with E-state index in [1.807, 2.05) is 20.0 Å². The number of carbonyl (C=O) groups is 1. The summed E-state index contributed by atoms with van der Waals surface area (Å²) in [5, 5.41) is 14.5. The smallest absolute Gasteiger partial charge is 0.264 e. The number of hydrogen-bond acceptors (Lipinski definition) is 4. The van der Waals surface area contributed by atoms with E-state index in [0.29, 0.717) is 13.1 Å². The van der Waals surface area contributed by atoms with Gasteiger partial charge in [0.1, 0.15) is 4.83 Å². The van der Waals surface area contributed by atoms with Crippen molar-refractivity contribution in [3.63, 3.8) is 0 Å². The average molecular weight is 251 g/mol. The largest absolute Gasteiger partial charge is 0.389 e. The van der Waals surface area contributed by atoms with Gasteiger partial charge in [0.15, 0.2) is 0 Å². The van der Waals surface area contributed by atoms with Crippen LogP contribution in [0, 0.1) is 6.92 Å². The number of rotatable bonds is 1. The number of carbonyl (C=O) groups excluding carboxylic acids is 1. The maximum atomic E-state index is 12.1. The molecular weight excluding hydrogens is 238 g/mol. The Morgan fingerprint density at radius 2 is 2.29 bits per heavy atom. The first-order valence-electron chi connectivity index (χ1n) is 5.46. The highest BCUT2D eigenvalue weighted by Crippen LogP contribution is 2.29. The molecule has 1 N–H and O–H groups in total. The first kappa shape index (κ1) is 10.7. The van der Waals surface area contributed by atoms with Crippen molar-refractivity contribution in [1.82, 2.24) is 14.7 Å². The molecule has 17 heavy (non-hydrogen) atoms. The number of aromatic nitrogens is 2. The molecule has 6 heteroatoms. The summed E-state index contributed by atoms with van der Waals surface area (Å²) in [6.07, 6.45) is -0.350. The third kappa shape index (κ3) is 1.56. The van der Waals surface area contributed by atoms with E-state index in [4.69, 9.17) is 0 Å². The van der Waals surface area contributed by atoms with Crippen molar-refractivity contribution in [3.05, 3.63) is 16.6 Å². The van der Waals surface area contributed by atoms with Crippen molar-refractivity contribution in [2.75, 3.05) is 13.1 Å². The van der Waals surface area contributed by atoms with Crippen LogP contribution in [-0.4, -0.2) is 44.9 Å². The fourth-order valence-electron chi connectivity index (χ4n) is 2.09. The number of likely N-dealkylation sites (tertiary alicyclic amines) is 1. The molecule has 0 saturated carbocycles. The summed E-state index contributed by atoms with van der Waals surface area (Å²) in [7, 11) is 1.88. The standard InChI is InChI=1S/C11H13N3O2S/c1-6-8-3-9(17-11(8)13(2)12-6)10(16)14-4-7(15)5-14/h3,7,15H,4-5H2,1-2H3. The van der Waals surface area contributed by atoms with Crippen molar-refractivity contribution < 1.29 is 9.90 Å². The Balaban J connectivity index is 1.95. The second kappa shape index (κ2) is 3.54. The molecule has 0 spiro atoms. The number of β-amino-alcohol motifs (C(OH)–C–C–N with tert-alkyl or cyclic N) is 1. The number of fused-ring (bicyclic) bond motifs is 1. The second-order valence-corrected chi connectivity index (χ2v) is 5.43. The summed E-state index contributed by atoms with van der Waals surface area (Å²) in [4.78, 5) is 15.5. The van der Waals surface area contributed by atoms with Gasteiger partial charge < -0.3 is 10.0 Å². The van der Waals surface area contributed by atoms with Gasteiger partial charge in [-0.3, -0.25) is 9.48 Å².